The number of phenols is 1. The van der Waals surface area contributed by atoms with Gasteiger partial charge in [-0.1, -0.05) is 6.08 Å². The van der Waals surface area contributed by atoms with Crippen LogP contribution >= 0.6 is 0 Å². The SMILES string of the molecule is CC1=CC(C)(C)Nc2c(C)cc(O)cc21. The quantitative estimate of drug-likeness (QED) is 0.634. The second kappa shape index (κ2) is 3.02. The Morgan fingerprint density at radius 3 is 2.53 bits per heavy atom. The largest absolute Gasteiger partial charge is 0.508 e. The number of allylic oxidation sites excluding steroid dienone is 1. The van der Waals surface area contributed by atoms with Crippen molar-refractivity contribution in [1.82, 2.24) is 0 Å². The Morgan fingerprint density at radius 1 is 1.20 bits per heavy atom. The fraction of sp³-hybridized carbons (Fsp3) is 0.385. The topological polar surface area (TPSA) is 32.3 Å². The molecule has 0 aliphatic carbocycles. The lowest BCUT2D eigenvalue weighted by atomic mass is 9.89. The van der Waals surface area contributed by atoms with E-state index in [0.29, 0.717) is 5.75 Å². The minimum absolute atomic E-state index is 0.0151. The number of fused-ring (bicyclic) bond motifs is 1. The summed E-state index contributed by atoms with van der Waals surface area (Å²) in [4.78, 5) is 0. The van der Waals surface area contributed by atoms with Crippen molar-refractivity contribution in [2.45, 2.75) is 33.2 Å². The minimum atomic E-state index is -0.0151. The van der Waals surface area contributed by atoms with Gasteiger partial charge in [-0.3, -0.25) is 0 Å². The second-order valence-electron chi connectivity index (χ2n) is 4.86. The second-order valence-corrected chi connectivity index (χ2v) is 4.86. The average Bonchev–Trinajstić information content (AvgIpc) is 2.06. The summed E-state index contributed by atoms with van der Waals surface area (Å²) >= 11 is 0. The zero-order valence-electron chi connectivity index (χ0n) is 9.68. The van der Waals surface area contributed by atoms with Crippen LogP contribution in [0.3, 0.4) is 0 Å². The van der Waals surface area contributed by atoms with Crippen molar-refractivity contribution in [3.8, 4) is 5.75 Å². The van der Waals surface area contributed by atoms with E-state index in [0.717, 1.165) is 16.8 Å². The van der Waals surface area contributed by atoms with Gasteiger partial charge in [-0.05, 0) is 51.0 Å². The van der Waals surface area contributed by atoms with Crippen molar-refractivity contribution < 1.29 is 5.11 Å². The first-order chi connectivity index (χ1) is 6.89. The minimum Gasteiger partial charge on any atom is -0.508 e. The van der Waals surface area contributed by atoms with Crippen molar-refractivity contribution in [1.29, 1.82) is 0 Å². The number of aromatic hydroxyl groups is 1. The van der Waals surface area contributed by atoms with Gasteiger partial charge in [0.2, 0.25) is 0 Å². The van der Waals surface area contributed by atoms with E-state index in [9.17, 15) is 5.11 Å². The highest BCUT2D eigenvalue weighted by Gasteiger charge is 2.23. The summed E-state index contributed by atoms with van der Waals surface area (Å²) in [6.07, 6.45) is 2.19. The molecule has 0 saturated carbocycles. The molecule has 1 aromatic rings. The molecule has 0 atom stereocenters. The number of anilines is 1. The Hall–Kier alpha value is -1.44. The molecule has 0 spiro atoms. The zero-order chi connectivity index (χ0) is 11.2. The third-order valence-electron chi connectivity index (χ3n) is 2.77. The van der Waals surface area contributed by atoms with Crippen molar-refractivity contribution in [3.63, 3.8) is 0 Å². The van der Waals surface area contributed by atoms with Crippen LogP contribution in [0.1, 0.15) is 31.9 Å². The van der Waals surface area contributed by atoms with Gasteiger partial charge < -0.3 is 10.4 Å². The number of aryl methyl sites for hydroxylation is 1. The summed E-state index contributed by atoms with van der Waals surface area (Å²) in [5.74, 6) is 0.334. The van der Waals surface area contributed by atoms with Crippen LogP contribution in [-0.2, 0) is 0 Å². The lowest BCUT2D eigenvalue weighted by Crippen LogP contribution is -2.31. The molecule has 80 valence electrons. The highest BCUT2D eigenvalue weighted by atomic mass is 16.3. The maximum atomic E-state index is 9.56. The number of phenolic OH excluding ortho intramolecular Hbond substituents is 1. The van der Waals surface area contributed by atoms with Gasteiger partial charge in [-0.15, -0.1) is 0 Å². The van der Waals surface area contributed by atoms with Crippen molar-refractivity contribution in [2.24, 2.45) is 0 Å². The summed E-state index contributed by atoms with van der Waals surface area (Å²) in [6, 6.07) is 3.61. The van der Waals surface area contributed by atoms with Gasteiger partial charge in [-0.2, -0.15) is 0 Å². The molecule has 0 unspecified atom stereocenters. The van der Waals surface area contributed by atoms with E-state index < -0.39 is 0 Å². The molecule has 15 heavy (non-hydrogen) atoms. The lowest BCUT2D eigenvalue weighted by Gasteiger charge is -2.32. The first kappa shape index (κ1) is 10.1. The molecule has 2 rings (SSSR count). The van der Waals surface area contributed by atoms with Crippen molar-refractivity contribution >= 4 is 11.3 Å². The molecule has 1 aliphatic heterocycles. The number of hydrogen-bond donors (Lipinski definition) is 2. The maximum absolute atomic E-state index is 9.56. The number of benzene rings is 1. The Kier molecular flexibility index (Phi) is 2.03. The fourth-order valence-corrected chi connectivity index (χ4v) is 2.22. The normalized spacial score (nSPS) is 17.7. The third kappa shape index (κ3) is 1.72. The summed E-state index contributed by atoms with van der Waals surface area (Å²) in [6.45, 7) is 8.39. The van der Waals surface area contributed by atoms with Gasteiger partial charge in [-0.25, -0.2) is 0 Å². The van der Waals surface area contributed by atoms with E-state index in [1.165, 1.54) is 5.57 Å². The summed E-state index contributed by atoms with van der Waals surface area (Å²) < 4.78 is 0. The first-order valence-electron chi connectivity index (χ1n) is 5.21. The summed E-state index contributed by atoms with van der Waals surface area (Å²) in [5, 5.41) is 13.0. The van der Waals surface area contributed by atoms with E-state index in [1.807, 2.05) is 13.0 Å². The smallest absolute Gasteiger partial charge is 0.116 e. The molecule has 0 bridgehead atoms. The van der Waals surface area contributed by atoms with E-state index in [-0.39, 0.29) is 5.54 Å². The molecule has 0 amide bonds. The Bertz CT molecular complexity index is 444. The number of hydrogen-bond acceptors (Lipinski definition) is 2. The number of rotatable bonds is 0. The van der Waals surface area contributed by atoms with E-state index in [2.05, 4.69) is 32.2 Å². The molecule has 2 N–H and O–H groups in total. The third-order valence-corrected chi connectivity index (χ3v) is 2.77. The van der Waals surface area contributed by atoms with Crippen LogP contribution < -0.4 is 5.32 Å². The molecule has 2 nitrogen and oxygen atoms in total. The van der Waals surface area contributed by atoms with Gasteiger partial charge in [0, 0.05) is 11.3 Å². The maximum Gasteiger partial charge on any atom is 0.116 e. The molecular formula is C13H17NO. The molecule has 0 radical (unpaired) electrons. The predicted molar refractivity (Wildman–Crippen MR) is 64.2 cm³/mol. The summed E-state index contributed by atoms with van der Waals surface area (Å²) in [7, 11) is 0. The van der Waals surface area contributed by atoms with Crippen LogP contribution in [0.5, 0.6) is 5.75 Å². The van der Waals surface area contributed by atoms with Crippen LogP contribution in [0.25, 0.3) is 5.57 Å². The van der Waals surface area contributed by atoms with Gasteiger partial charge in [0.15, 0.2) is 0 Å². The zero-order valence-corrected chi connectivity index (χ0v) is 9.68. The lowest BCUT2D eigenvalue weighted by molar-refractivity contribution is 0.474. The number of nitrogens with one attached hydrogen (secondary N) is 1. The first-order valence-corrected chi connectivity index (χ1v) is 5.21. The van der Waals surface area contributed by atoms with Crippen molar-refractivity contribution in [3.05, 3.63) is 29.3 Å². The van der Waals surface area contributed by atoms with Gasteiger partial charge in [0.1, 0.15) is 5.75 Å². The predicted octanol–water partition coefficient (Wildman–Crippen LogP) is 3.31. The molecule has 0 fully saturated rings. The Labute approximate surface area is 90.6 Å². The molecule has 1 aromatic carbocycles. The average molecular weight is 203 g/mol. The molecule has 1 aliphatic rings. The molecule has 0 aromatic heterocycles. The van der Waals surface area contributed by atoms with Gasteiger partial charge >= 0.3 is 0 Å². The van der Waals surface area contributed by atoms with Gasteiger partial charge in [0.25, 0.3) is 0 Å². The monoisotopic (exact) mass is 203 g/mol. The van der Waals surface area contributed by atoms with Crippen LogP contribution in [0.2, 0.25) is 0 Å². The van der Waals surface area contributed by atoms with Crippen LogP contribution in [-0.4, -0.2) is 10.6 Å². The fourth-order valence-electron chi connectivity index (χ4n) is 2.22. The molecule has 0 saturated heterocycles. The van der Waals surface area contributed by atoms with Gasteiger partial charge in [0.05, 0.1) is 5.54 Å². The summed E-state index contributed by atoms with van der Waals surface area (Å²) in [5.41, 5.74) is 4.53. The highest BCUT2D eigenvalue weighted by molar-refractivity contribution is 5.82. The molecular weight excluding hydrogens is 186 g/mol. The van der Waals surface area contributed by atoms with Crippen molar-refractivity contribution in [2.75, 3.05) is 5.32 Å². The van der Waals surface area contributed by atoms with Crippen LogP contribution in [0.15, 0.2) is 18.2 Å². The highest BCUT2D eigenvalue weighted by Crippen LogP contribution is 2.37. The Morgan fingerprint density at radius 2 is 1.87 bits per heavy atom. The standard InChI is InChI=1S/C13H17NO/c1-8-5-10(15)6-11-9(2)7-13(3,4)14-12(8)11/h5-7,14-15H,1-4H3. The Balaban J connectivity index is 2.65. The van der Waals surface area contributed by atoms with Crippen LogP contribution in [0, 0.1) is 6.92 Å². The molecule has 2 heteroatoms. The molecule has 1 heterocycles. The van der Waals surface area contributed by atoms with E-state index in [4.69, 9.17) is 0 Å². The van der Waals surface area contributed by atoms with Crippen LogP contribution in [0.4, 0.5) is 5.69 Å². The van der Waals surface area contributed by atoms with E-state index >= 15 is 0 Å². The van der Waals surface area contributed by atoms with E-state index in [1.54, 1.807) is 6.07 Å².